The van der Waals surface area contributed by atoms with Crippen LogP contribution in [0.1, 0.15) is 11.9 Å². The van der Waals surface area contributed by atoms with Gasteiger partial charge in [-0.25, -0.2) is 0 Å². The Morgan fingerprint density at radius 3 is 2.45 bits per heavy atom. The van der Waals surface area contributed by atoms with Crippen LogP contribution in [0.25, 0.3) is 0 Å². The van der Waals surface area contributed by atoms with Crippen molar-refractivity contribution in [2.45, 2.75) is 13.5 Å². The molecule has 0 saturated carbocycles. The zero-order chi connectivity index (χ0) is 14.4. The summed E-state index contributed by atoms with van der Waals surface area (Å²) in [4.78, 5) is 0. The van der Waals surface area contributed by atoms with Crippen molar-refractivity contribution in [3.8, 4) is 17.2 Å². The number of benzene rings is 1. The van der Waals surface area contributed by atoms with E-state index in [1.54, 1.807) is 14.2 Å². The molecule has 0 spiro atoms. The first-order valence-corrected chi connectivity index (χ1v) is 7.00. The zero-order valence-electron chi connectivity index (χ0n) is 11.7. The van der Waals surface area contributed by atoms with Crippen LogP contribution in [0, 0.1) is 0 Å². The lowest BCUT2D eigenvalue weighted by molar-refractivity contribution is 0.265. The van der Waals surface area contributed by atoms with Crippen LogP contribution in [0.15, 0.2) is 18.2 Å². The van der Waals surface area contributed by atoms with Crippen molar-refractivity contribution in [2.24, 2.45) is 0 Å². The first-order valence-electron chi connectivity index (χ1n) is 6.18. The molecule has 2 aromatic rings. The van der Waals surface area contributed by atoms with E-state index in [9.17, 15) is 0 Å². The Bertz CT molecular complexity index is 537. The Morgan fingerprint density at radius 1 is 1.15 bits per heavy atom. The molecule has 1 aromatic carbocycles. The summed E-state index contributed by atoms with van der Waals surface area (Å²) in [6.07, 6.45) is 0. The first-order chi connectivity index (χ1) is 9.78. The van der Waals surface area contributed by atoms with E-state index >= 15 is 0 Å². The highest BCUT2D eigenvalue weighted by atomic mass is 32.1. The molecule has 20 heavy (non-hydrogen) atoms. The van der Waals surface area contributed by atoms with Crippen LogP contribution in [-0.2, 0) is 6.61 Å². The quantitative estimate of drug-likeness (QED) is 0.847. The van der Waals surface area contributed by atoms with Crippen molar-refractivity contribution in [1.29, 1.82) is 0 Å². The minimum atomic E-state index is 0.319. The molecule has 0 aliphatic carbocycles. The summed E-state index contributed by atoms with van der Waals surface area (Å²) in [5, 5.41) is 12.8. The molecule has 0 aliphatic rings. The topological polar surface area (TPSA) is 65.5 Å². The molecule has 1 N–H and O–H groups in total. The summed E-state index contributed by atoms with van der Waals surface area (Å²) in [6, 6.07) is 5.49. The fourth-order valence-corrected chi connectivity index (χ4v) is 2.35. The lowest BCUT2D eigenvalue weighted by Crippen LogP contribution is -1.99. The van der Waals surface area contributed by atoms with Crippen molar-refractivity contribution in [3.63, 3.8) is 0 Å². The molecule has 108 valence electrons. The molecule has 0 saturated heterocycles. The van der Waals surface area contributed by atoms with Gasteiger partial charge in [0.1, 0.15) is 6.61 Å². The number of methoxy groups -OCH3 is 2. The molecule has 0 unspecified atom stereocenters. The van der Waals surface area contributed by atoms with Gasteiger partial charge in [-0.1, -0.05) is 17.4 Å². The molecule has 0 fully saturated rings. The van der Waals surface area contributed by atoms with E-state index in [2.05, 4.69) is 15.5 Å². The van der Waals surface area contributed by atoms with Crippen LogP contribution in [0.5, 0.6) is 17.2 Å². The van der Waals surface area contributed by atoms with E-state index < -0.39 is 0 Å². The summed E-state index contributed by atoms with van der Waals surface area (Å²) in [7, 11) is 3.19. The van der Waals surface area contributed by atoms with Gasteiger partial charge >= 0.3 is 0 Å². The number of aromatic nitrogens is 2. The van der Waals surface area contributed by atoms with Crippen LogP contribution in [-0.4, -0.2) is 31.0 Å². The van der Waals surface area contributed by atoms with Crippen molar-refractivity contribution in [2.75, 3.05) is 26.1 Å². The monoisotopic (exact) mass is 295 g/mol. The number of nitrogens with zero attached hydrogens (tertiary/aromatic N) is 2. The maximum Gasteiger partial charge on any atom is 0.205 e. The van der Waals surface area contributed by atoms with Crippen molar-refractivity contribution in [3.05, 3.63) is 23.2 Å². The van der Waals surface area contributed by atoms with Gasteiger partial charge in [-0.05, 0) is 19.1 Å². The standard InChI is InChI=1S/C13H17N3O3S/c1-4-14-13-16-15-11(20-13)8-19-12-9(17-2)6-5-7-10(12)18-3/h5-7H,4,8H2,1-3H3,(H,14,16). The highest BCUT2D eigenvalue weighted by Crippen LogP contribution is 2.37. The van der Waals surface area contributed by atoms with Crippen LogP contribution in [0.4, 0.5) is 5.13 Å². The second-order valence-corrected chi connectivity index (χ2v) is 4.87. The SMILES string of the molecule is CCNc1nnc(COc2c(OC)cccc2OC)s1. The highest BCUT2D eigenvalue weighted by molar-refractivity contribution is 7.15. The number of anilines is 1. The molecule has 7 heteroatoms. The number of hydrogen-bond donors (Lipinski definition) is 1. The average molecular weight is 295 g/mol. The molecule has 0 aliphatic heterocycles. The van der Waals surface area contributed by atoms with Crippen LogP contribution < -0.4 is 19.5 Å². The van der Waals surface area contributed by atoms with E-state index in [4.69, 9.17) is 14.2 Å². The second-order valence-electron chi connectivity index (χ2n) is 3.81. The Kier molecular flexibility index (Phi) is 5.00. The highest BCUT2D eigenvalue weighted by Gasteiger charge is 2.12. The van der Waals surface area contributed by atoms with Gasteiger partial charge in [-0.3, -0.25) is 0 Å². The van der Waals surface area contributed by atoms with Gasteiger partial charge in [0, 0.05) is 6.54 Å². The summed E-state index contributed by atoms with van der Waals surface area (Å²) in [5.74, 6) is 1.82. The van der Waals surface area contributed by atoms with Crippen LogP contribution >= 0.6 is 11.3 Å². The first kappa shape index (κ1) is 14.4. The normalized spacial score (nSPS) is 10.2. The predicted molar refractivity (Wildman–Crippen MR) is 78.0 cm³/mol. The predicted octanol–water partition coefficient (Wildman–Crippen LogP) is 2.57. The maximum atomic E-state index is 5.76. The van der Waals surface area contributed by atoms with Gasteiger partial charge in [0.25, 0.3) is 0 Å². The van der Waals surface area contributed by atoms with E-state index in [0.717, 1.165) is 16.7 Å². The summed E-state index contributed by atoms with van der Waals surface area (Å²) in [6.45, 7) is 3.15. The van der Waals surface area contributed by atoms with Crippen LogP contribution in [0.2, 0.25) is 0 Å². The van der Waals surface area contributed by atoms with Crippen molar-refractivity contribution >= 4 is 16.5 Å². The van der Waals surface area contributed by atoms with E-state index in [0.29, 0.717) is 23.9 Å². The van der Waals surface area contributed by atoms with Crippen molar-refractivity contribution in [1.82, 2.24) is 10.2 Å². The smallest absolute Gasteiger partial charge is 0.205 e. The molecule has 2 rings (SSSR count). The van der Waals surface area contributed by atoms with Gasteiger partial charge in [-0.2, -0.15) is 0 Å². The largest absolute Gasteiger partial charge is 0.493 e. The van der Waals surface area contributed by atoms with Gasteiger partial charge < -0.3 is 19.5 Å². The van der Waals surface area contributed by atoms with E-state index in [-0.39, 0.29) is 0 Å². The minimum absolute atomic E-state index is 0.319. The molecule has 1 heterocycles. The minimum Gasteiger partial charge on any atom is -0.493 e. The third kappa shape index (κ3) is 3.30. The summed E-state index contributed by atoms with van der Waals surface area (Å²) < 4.78 is 16.3. The lowest BCUT2D eigenvalue weighted by atomic mass is 10.3. The van der Waals surface area contributed by atoms with Crippen molar-refractivity contribution < 1.29 is 14.2 Å². The van der Waals surface area contributed by atoms with Crippen LogP contribution in [0.3, 0.4) is 0 Å². The third-order valence-electron chi connectivity index (χ3n) is 2.52. The molecular formula is C13H17N3O3S. The Hall–Kier alpha value is -2.02. The summed E-state index contributed by atoms with van der Waals surface area (Å²) in [5.41, 5.74) is 0. The Labute approximate surface area is 121 Å². The van der Waals surface area contributed by atoms with E-state index in [1.165, 1.54) is 11.3 Å². The third-order valence-corrected chi connectivity index (χ3v) is 3.37. The molecule has 1 aromatic heterocycles. The van der Waals surface area contributed by atoms with E-state index in [1.807, 2.05) is 25.1 Å². The number of ether oxygens (including phenoxy) is 3. The number of hydrogen-bond acceptors (Lipinski definition) is 7. The van der Waals surface area contributed by atoms with Gasteiger partial charge in [0.2, 0.25) is 10.9 Å². The van der Waals surface area contributed by atoms with Gasteiger partial charge in [0.15, 0.2) is 16.5 Å². The lowest BCUT2D eigenvalue weighted by Gasteiger charge is -2.12. The molecule has 0 bridgehead atoms. The molecule has 6 nitrogen and oxygen atoms in total. The zero-order valence-corrected chi connectivity index (χ0v) is 12.5. The molecular weight excluding hydrogens is 278 g/mol. The fraction of sp³-hybridized carbons (Fsp3) is 0.385. The number of para-hydroxylation sites is 1. The number of rotatable bonds is 7. The molecule has 0 atom stereocenters. The fourth-order valence-electron chi connectivity index (χ4n) is 1.63. The summed E-state index contributed by atoms with van der Waals surface area (Å²) >= 11 is 1.46. The molecule has 0 radical (unpaired) electrons. The van der Waals surface area contributed by atoms with Gasteiger partial charge in [0.05, 0.1) is 14.2 Å². The maximum absolute atomic E-state index is 5.76. The Balaban J connectivity index is 2.09. The average Bonchev–Trinajstić information content (AvgIpc) is 2.92. The Morgan fingerprint density at radius 2 is 1.85 bits per heavy atom. The van der Waals surface area contributed by atoms with Gasteiger partial charge in [-0.15, -0.1) is 10.2 Å². The second kappa shape index (κ2) is 6.95. The molecule has 0 amide bonds. The number of nitrogens with one attached hydrogen (secondary N) is 1.